The first-order chi connectivity index (χ1) is 12.0. The predicted octanol–water partition coefficient (Wildman–Crippen LogP) is 2.92. The maximum absolute atomic E-state index is 12.8. The van der Waals surface area contributed by atoms with Gasteiger partial charge in [0.1, 0.15) is 10.6 Å². The smallest absolute Gasteiger partial charge is 0.262 e. The minimum Gasteiger partial charge on any atom is -0.352 e. The molecule has 0 saturated heterocycles. The Balaban J connectivity index is 1.63. The quantitative estimate of drug-likeness (QED) is 0.762. The summed E-state index contributed by atoms with van der Waals surface area (Å²) in [7, 11) is 0. The molecule has 0 unspecified atom stereocenters. The van der Waals surface area contributed by atoms with Gasteiger partial charge >= 0.3 is 0 Å². The number of benzene rings is 1. The van der Waals surface area contributed by atoms with Crippen molar-refractivity contribution in [2.75, 3.05) is 0 Å². The van der Waals surface area contributed by atoms with Gasteiger partial charge in [-0.3, -0.25) is 14.2 Å². The zero-order chi connectivity index (χ0) is 18.0. The standard InChI is InChI=1S/C18H18FN3O2S/c1-11-12(2)25-17-16(11)18(24)22(10-21-17)8-7-15(23)20-9-13-3-5-14(19)6-4-13/h3-6,10H,7-9H2,1-2H3,(H,20,23). The van der Waals surface area contributed by atoms with E-state index in [-0.39, 0.29) is 30.2 Å². The van der Waals surface area contributed by atoms with E-state index in [1.54, 1.807) is 12.1 Å². The Kier molecular flexibility index (Phi) is 4.94. The number of halogens is 1. The van der Waals surface area contributed by atoms with Crippen LogP contribution in [0.1, 0.15) is 22.4 Å². The van der Waals surface area contributed by atoms with Crippen LogP contribution in [0.25, 0.3) is 10.2 Å². The molecule has 25 heavy (non-hydrogen) atoms. The molecule has 0 aliphatic carbocycles. The monoisotopic (exact) mass is 359 g/mol. The van der Waals surface area contributed by atoms with Crippen molar-refractivity contribution < 1.29 is 9.18 Å². The van der Waals surface area contributed by atoms with E-state index in [1.165, 1.54) is 34.4 Å². The van der Waals surface area contributed by atoms with Crippen molar-refractivity contribution in [3.63, 3.8) is 0 Å². The molecule has 1 aromatic carbocycles. The van der Waals surface area contributed by atoms with Gasteiger partial charge in [0.15, 0.2) is 0 Å². The summed E-state index contributed by atoms with van der Waals surface area (Å²) >= 11 is 1.50. The highest BCUT2D eigenvalue weighted by Crippen LogP contribution is 2.25. The minimum atomic E-state index is -0.309. The van der Waals surface area contributed by atoms with Crippen molar-refractivity contribution in [2.24, 2.45) is 0 Å². The Morgan fingerprint density at radius 1 is 1.28 bits per heavy atom. The minimum absolute atomic E-state index is 0.113. The third-order valence-corrected chi connectivity index (χ3v) is 5.25. The second-order valence-corrected chi connectivity index (χ2v) is 7.06. The number of nitrogens with one attached hydrogen (secondary N) is 1. The van der Waals surface area contributed by atoms with E-state index in [9.17, 15) is 14.0 Å². The number of hydrogen-bond acceptors (Lipinski definition) is 4. The van der Waals surface area contributed by atoms with E-state index in [1.807, 2.05) is 13.8 Å². The molecule has 2 aromatic heterocycles. The molecule has 0 saturated carbocycles. The second kappa shape index (κ2) is 7.14. The van der Waals surface area contributed by atoms with Crippen molar-refractivity contribution in [3.05, 3.63) is 62.8 Å². The molecule has 0 fully saturated rings. The lowest BCUT2D eigenvalue weighted by Gasteiger charge is -2.07. The van der Waals surface area contributed by atoms with Crippen LogP contribution in [0.4, 0.5) is 4.39 Å². The van der Waals surface area contributed by atoms with Gasteiger partial charge in [-0.25, -0.2) is 9.37 Å². The Morgan fingerprint density at radius 2 is 2.00 bits per heavy atom. The molecule has 3 aromatic rings. The first-order valence-electron chi connectivity index (χ1n) is 7.92. The average Bonchev–Trinajstić information content (AvgIpc) is 2.89. The molecule has 0 radical (unpaired) electrons. The summed E-state index contributed by atoms with van der Waals surface area (Å²) in [4.78, 5) is 30.7. The van der Waals surface area contributed by atoms with Gasteiger partial charge in [-0.15, -0.1) is 11.3 Å². The molecule has 2 heterocycles. The average molecular weight is 359 g/mol. The zero-order valence-corrected chi connectivity index (χ0v) is 14.8. The van der Waals surface area contributed by atoms with Crippen LogP contribution in [-0.4, -0.2) is 15.5 Å². The van der Waals surface area contributed by atoms with Gasteiger partial charge in [-0.2, -0.15) is 0 Å². The Hall–Kier alpha value is -2.54. The molecule has 130 valence electrons. The summed E-state index contributed by atoms with van der Waals surface area (Å²) in [5.74, 6) is -0.481. The summed E-state index contributed by atoms with van der Waals surface area (Å²) in [6.45, 7) is 4.48. The van der Waals surface area contributed by atoms with Crippen molar-refractivity contribution in [2.45, 2.75) is 33.4 Å². The maximum Gasteiger partial charge on any atom is 0.262 e. The van der Waals surface area contributed by atoms with Gasteiger partial charge in [0.05, 0.1) is 11.7 Å². The fourth-order valence-electron chi connectivity index (χ4n) is 2.54. The fourth-order valence-corrected chi connectivity index (χ4v) is 3.53. The van der Waals surface area contributed by atoms with Crippen LogP contribution < -0.4 is 10.9 Å². The molecule has 5 nitrogen and oxygen atoms in total. The van der Waals surface area contributed by atoms with Crippen LogP contribution in [0.15, 0.2) is 35.4 Å². The SMILES string of the molecule is Cc1sc2ncn(CCC(=O)NCc3ccc(F)cc3)c(=O)c2c1C. The summed E-state index contributed by atoms with van der Waals surface area (Å²) in [6, 6.07) is 5.96. The number of aromatic nitrogens is 2. The van der Waals surface area contributed by atoms with Crippen LogP contribution in [0.3, 0.4) is 0 Å². The van der Waals surface area contributed by atoms with Crippen LogP contribution in [0, 0.1) is 19.7 Å². The van der Waals surface area contributed by atoms with E-state index in [2.05, 4.69) is 10.3 Å². The van der Waals surface area contributed by atoms with Gasteiger partial charge in [0.2, 0.25) is 5.91 Å². The molecule has 1 N–H and O–H groups in total. The molecule has 0 bridgehead atoms. The first kappa shape index (κ1) is 17.3. The van der Waals surface area contributed by atoms with Crippen molar-refractivity contribution >= 4 is 27.5 Å². The lowest BCUT2D eigenvalue weighted by atomic mass is 10.2. The normalized spacial score (nSPS) is 11.0. The second-order valence-electron chi connectivity index (χ2n) is 5.86. The summed E-state index contributed by atoms with van der Waals surface area (Å²) in [6.07, 6.45) is 1.67. The highest BCUT2D eigenvalue weighted by Gasteiger charge is 2.12. The van der Waals surface area contributed by atoms with Crippen LogP contribution in [0.2, 0.25) is 0 Å². The highest BCUT2D eigenvalue weighted by molar-refractivity contribution is 7.18. The number of amides is 1. The molecular formula is C18H18FN3O2S. The topological polar surface area (TPSA) is 64.0 Å². The lowest BCUT2D eigenvalue weighted by molar-refractivity contribution is -0.121. The number of carbonyl (C=O) groups excluding carboxylic acids is 1. The molecule has 7 heteroatoms. The molecule has 0 aliphatic heterocycles. The molecule has 1 amide bonds. The largest absolute Gasteiger partial charge is 0.352 e. The number of carbonyl (C=O) groups is 1. The Bertz CT molecular complexity index is 976. The van der Waals surface area contributed by atoms with Gasteiger partial charge < -0.3 is 5.32 Å². The lowest BCUT2D eigenvalue weighted by Crippen LogP contribution is -2.27. The Morgan fingerprint density at radius 3 is 2.72 bits per heavy atom. The summed E-state index contributed by atoms with van der Waals surface area (Å²) in [5, 5.41) is 3.40. The van der Waals surface area contributed by atoms with Gasteiger partial charge in [0.25, 0.3) is 5.56 Å². The van der Waals surface area contributed by atoms with Crippen molar-refractivity contribution in [3.8, 4) is 0 Å². The van der Waals surface area contributed by atoms with Gasteiger partial charge in [-0.05, 0) is 37.1 Å². The highest BCUT2D eigenvalue weighted by atomic mass is 32.1. The van der Waals surface area contributed by atoms with E-state index in [0.717, 1.165) is 20.8 Å². The third-order valence-electron chi connectivity index (χ3n) is 4.14. The molecular weight excluding hydrogens is 341 g/mol. The first-order valence-corrected chi connectivity index (χ1v) is 8.73. The maximum atomic E-state index is 12.8. The van der Waals surface area contributed by atoms with Gasteiger partial charge in [-0.1, -0.05) is 12.1 Å². The number of fused-ring (bicyclic) bond motifs is 1. The van der Waals surface area contributed by atoms with Crippen LogP contribution >= 0.6 is 11.3 Å². The number of thiophene rings is 1. The van der Waals surface area contributed by atoms with E-state index in [0.29, 0.717) is 11.9 Å². The number of hydrogen-bond donors (Lipinski definition) is 1. The fraction of sp³-hybridized carbons (Fsp3) is 0.278. The van der Waals surface area contributed by atoms with Gasteiger partial charge in [0, 0.05) is 24.4 Å². The van der Waals surface area contributed by atoms with Crippen molar-refractivity contribution in [1.29, 1.82) is 0 Å². The zero-order valence-electron chi connectivity index (χ0n) is 14.0. The molecule has 3 rings (SSSR count). The summed E-state index contributed by atoms with van der Waals surface area (Å²) in [5.41, 5.74) is 1.66. The molecule has 0 aliphatic rings. The van der Waals surface area contributed by atoms with E-state index in [4.69, 9.17) is 0 Å². The van der Waals surface area contributed by atoms with Crippen LogP contribution in [0.5, 0.6) is 0 Å². The molecule has 0 spiro atoms. The summed E-state index contributed by atoms with van der Waals surface area (Å²) < 4.78 is 14.3. The number of aryl methyl sites for hydroxylation is 3. The number of nitrogens with zero attached hydrogens (tertiary/aromatic N) is 2. The van der Waals surface area contributed by atoms with Crippen molar-refractivity contribution in [1.82, 2.24) is 14.9 Å². The predicted molar refractivity (Wildman–Crippen MR) is 96.2 cm³/mol. The molecule has 0 atom stereocenters. The third kappa shape index (κ3) is 3.76. The number of rotatable bonds is 5. The van der Waals surface area contributed by atoms with E-state index >= 15 is 0 Å². The Labute approximate surface area is 148 Å². The van der Waals surface area contributed by atoms with Crippen LogP contribution in [-0.2, 0) is 17.9 Å². The van der Waals surface area contributed by atoms with E-state index < -0.39 is 0 Å².